The van der Waals surface area contributed by atoms with Crippen LogP contribution in [0.1, 0.15) is 75.6 Å². The highest BCUT2D eigenvalue weighted by Gasteiger charge is 2.33. The van der Waals surface area contributed by atoms with Crippen molar-refractivity contribution < 1.29 is 48.0 Å². The number of aliphatic imine (C=N–C) groups is 1. The van der Waals surface area contributed by atoms with Crippen LogP contribution >= 0.6 is 22.9 Å². The Labute approximate surface area is 425 Å². The second kappa shape index (κ2) is 24.4. The molecule has 0 saturated heterocycles. The molecule has 17 nitrogen and oxygen atoms in total. The number of carboxylic acids is 1. The summed E-state index contributed by atoms with van der Waals surface area (Å²) in [5.41, 5.74) is 8.67. The van der Waals surface area contributed by atoms with Gasteiger partial charge in [-0.15, -0.1) is 21.5 Å². The molecular weight excluding hydrogens is 962 g/mol. The molecule has 0 spiro atoms. The second-order valence-electron chi connectivity index (χ2n) is 17.1. The Hall–Kier alpha value is -6.96. The zero-order chi connectivity index (χ0) is 50.6. The molecule has 3 heterocycles. The highest BCUT2D eigenvalue weighted by molar-refractivity contribution is 7.15. The van der Waals surface area contributed by atoms with E-state index < -0.39 is 30.1 Å². The molecule has 1 unspecified atom stereocenters. The van der Waals surface area contributed by atoms with E-state index in [0.717, 1.165) is 60.4 Å². The van der Waals surface area contributed by atoms with E-state index in [0.29, 0.717) is 55.3 Å². The van der Waals surface area contributed by atoms with Gasteiger partial charge in [0.05, 0.1) is 51.8 Å². The first kappa shape index (κ1) is 51.4. The lowest BCUT2D eigenvalue weighted by molar-refractivity contribution is -0.137. The number of benzene rings is 4. The number of alkyl carbamates (subject to hydrolysis) is 1. The van der Waals surface area contributed by atoms with Crippen molar-refractivity contribution in [2.24, 2.45) is 4.99 Å². The summed E-state index contributed by atoms with van der Waals surface area (Å²) in [7, 11) is 0. The maximum absolute atomic E-state index is 13.5. The molecule has 19 heteroatoms. The number of halogens is 1. The molecule has 3 amide bonds. The number of amides is 3. The normalized spacial score (nSPS) is 13.9. The largest absolute Gasteiger partial charge is 0.491 e. The molecule has 376 valence electrons. The molecule has 4 aromatic carbocycles. The molecule has 0 radical (unpaired) electrons. The number of carboxylic acid groups (broad SMARTS) is 1. The predicted molar refractivity (Wildman–Crippen MR) is 273 cm³/mol. The summed E-state index contributed by atoms with van der Waals surface area (Å²) in [6, 6.07) is 28.8. The third-order valence-electron chi connectivity index (χ3n) is 12.3. The maximum atomic E-state index is 13.5. The monoisotopic (exact) mass is 1020 g/mol. The van der Waals surface area contributed by atoms with Gasteiger partial charge in [-0.05, 0) is 91.4 Å². The highest BCUT2D eigenvalue weighted by Crippen LogP contribution is 2.45. The predicted octanol–water partition coefficient (Wildman–Crippen LogP) is 8.15. The first-order valence-electron chi connectivity index (χ1n) is 23.7. The number of carbonyl (C=O) groups excluding carboxylic acids is 3. The van der Waals surface area contributed by atoms with Gasteiger partial charge in [-0.2, -0.15) is 0 Å². The topological polar surface area (TPSA) is 214 Å². The standard InChI is InChI=1S/C53H56ClN7O10S/c1-32-33(2)72-52-48(32)49(35-12-14-36(54)15-13-35)57-45(50-60-59-34(3)61(50)52)30-46(62)56-37-16-18-38(19-17-37)70-29-28-69-27-26-68-25-24-67-23-22-55-51(65)44(20-21-47(63)64)58-53(66)71-31-43-41-10-6-4-8-39(41)40-9-5-7-11-42(40)43/h4-19,43-45H,20-31H2,1-3H3,(H,55,65)(H,56,62)(H,58,66)(H,63,64)/t44?,45-/m0/s1. The van der Waals surface area contributed by atoms with Crippen LogP contribution in [0.15, 0.2) is 102 Å². The minimum Gasteiger partial charge on any atom is -0.491 e. The Morgan fingerprint density at radius 2 is 1.43 bits per heavy atom. The fraction of sp³-hybridized carbons (Fsp3) is 0.340. The number of rotatable bonds is 24. The summed E-state index contributed by atoms with van der Waals surface area (Å²) in [5.74, 6) is -0.0894. The van der Waals surface area contributed by atoms with Gasteiger partial charge in [0.15, 0.2) is 5.82 Å². The van der Waals surface area contributed by atoms with Crippen LogP contribution in [0.25, 0.3) is 16.1 Å². The minimum absolute atomic E-state index is 0.0436. The second-order valence-corrected chi connectivity index (χ2v) is 18.8. The summed E-state index contributed by atoms with van der Waals surface area (Å²) < 4.78 is 30.2. The molecule has 2 aromatic heterocycles. The number of aliphatic carboxylic acids is 1. The van der Waals surface area contributed by atoms with Crippen LogP contribution in [0.3, 0.4) is 0 Å². The Morgan fingerprint density at radius 1 is 0.792 bits per heavy atom. The number of aromatic nitrogens is 3. The zero-order valence-corrected chi connectivity index (χ0v) is 41.7. The molecule has 6 aromatic rings. The number of anilines is 1. The fourth-order valence-electron chi connectivity index (χ4n) is 8.60. The summed E-state index contributed by atoms with van der Waals surface area (Å²) in [6.07, 6.45) is -1.20. The third kappa shape index (κ3) is 12.7. The first-order chi connectivity index (χ1) is 34.9. The fourth-order valence-corrected chi connectivity index (χ4v) is 9.94. The molecule has 2 aliphatic rings. The maximum Gasteiger partial charge on any atom is 0.407 e. The van der Waals surface area contributed by atoms with E-state index in [1.165, 1.54) is 0 Å². The van der Waals surface area contributed by atoms with Gasteiger partial charge in [-0.25, -0.2) is 4.79 Å². The summed E-state index contributed by atoms with van der Waals surface area (Å²) in [5, 5.41) is 27.9. The number of hydrogen-bond acceptors (Lipinski definition) is 13. The number of ether oxygens (including phenoxy) is 5. The zero-order valence-electron chi connectivity index (χ0n) is 40.2. The average molecular weight is 1020 g/mol. The van der Waals surface area contributed by atoms with Crippen LogP contribution in [-0.4, -0.2) is 115 Å². The quantitative estimate of drug-likeness (QED) is 0.0423. The summed E-state index contributed by atoms with van der Waals surface area (Å²) in [6.45, 7) is 8.33. The van der Waals surface area contributed by atoms with Gasteiger partial charge < -0.3 is 44.7 Å². The van der Waals surface area contributed by atoms with E-state index in [4.69, 9.17) is 40.3 Å². The van der Waals surface area contributed by atoms with Crippen molar-refractivity contribution in [3.05, 3.63) is 146 Å². The van der Waals surface area contributed by atoms with Gasteiger partial charge in [-0.1, -0.05) is 72.3 Å². The average Bonchev–Trinajstić information content (AvgIpc) is 3.98. The Morgan fingerprint density at radius 3 is 2.10 bits per heavy atom. The van der Waals surface area contributed by atoms with Gasteiger partial charge in [-0.3, -0.25) is 23.9 Å². The lowest BCUT2D eigenvalue weighted by Gasteiger charge is -2.19. The Balaban J connectivity index is 0.689. The van der Waals surface area contributed by atoms with Crippen LogP contribution in [-0.2, 0) is 33.3 Å². The molecule has 8 rings (SSSR count). The molecule has 72 heavy (non-hydrogen) atoms. The van der Waals surface area contributed by atoms with E-state index >= 15 is 0 Å². The molecule has 4 N–H and O–H groups in total. The van der Waals surface area contributed by atoms with E-state index in [1.54, 1.807) is 35.6 Å². The van der Waals surface area contributed by atoms with Crippen LogP contribution in [0.4, 0.5) is 10.5 Å². The molecule has 0 bridgehead atoms. The molecule has 1 aliphatic heterocycles. The number of thiophene rings is 1. The van der Waals surface area contributed by atoms with Gasteiger partial charge in [0.25, 0.3) is 0 Å². The third-order valence-corrected chi connectivity index (χ3v) is 13.7. The number of nitrogens with one attached hydrogen (secondary N) is 3. The van der Waals surface area contributed by atoms with Crippen molar-refractivity contribution in [3.63, 3.8) is 0 Å². The molecule has 0 saturated carbocycles. The molecular formula is C53H56ClN7O10S. The van der Waals surface area contributed by atoms with Crippen LogP contribution in [0.2, 0.25) is 5.02 Å². The van der Waals surface area contributed by atoms with Crippen LogP contribution in [0, 0.1) is 20.8 Å². The van der Waals surface area contributed by atoms with Gasteiger partial charge in [0, 0.05) is 45.6 Å². The molecule has 0 fully saturated rings. The number of fused-ring (bicyclic) bond motifs is 6. The van der Waals surface area contributed by atoms with Crippen molar-refractivity contribution in [3.8, 4) is 21.9 Å². The summed E-state index contributed by atoms with van der Waals surface area (Å²) in [4.78, 5) is 57.0. The lowest BCUT2D eigenvalue weighted by atomic mass is 9.98. The summed E-state index contributed by atoms with van der Waals surface area (Å²) >= 11 is 7.90. The Kier molecular flexibility index (Phi) is 17.4. The van der Waals surface area contributed by atoms with Gasteiger partial charge in [0.2, 0.25) is 11.8 Å². The van der Waals surface area contributed by atoms with E-state index in [9.17, 15) is 24.3 Å². The Bertz CT molecular complexity index is 2860. The molecule has 2 atom stereocenters. The van der Waals surface area contributed by atoms with Gasteiger partial charge >= 0.3 is 12.1 Å². The number of aryl methyl sites for hydroxylation is 2. The van der Waals surface area contributed by atoms with E-state index in [1.807, 2.05) is 84.3 Å². The number of carbonyl (C=O) groups is 4. The number of nitrogens with zero attached hydrogens (tertiary/aromatic N) is 4. The molecule has 1 aliphatic carbocycles. The highest BCUT2D eigenvalue weighted by atomic mass is 35.5. The minimum atomic E-state index is -1.11. The van der Waals surface area contributed by atoms with Crippen molar-refractivity contribution >= 4 is 58.2 Å². The van der Waals surface area contributed by atoms with Gasteiger partial charge in [0.1, 0.15) is 41.9 Å². The van der Waals surface area contributed by atoms with Crippen molar-refractivity contribution in [2.45, 2.75) is 58.0 Å². The van der Waals surface area contributed by atoms with Crippen LogP contribution in [0.5, 0.6) is 5.75 Å². The van der Waals surface area contributed by atoms with Crippen molar-refractivity contribution in [2.75, 3.05) is 64.7 Å². The first-order valence-corrected chi connectivity index (χ1v) is 24.9. The van der Waals surface area contributed by atoms with E-state index in [-0.39, 0.29) is 57.5 Å². The SMILES string of the molecule is Cc1sc2c(c1C)C(c1ccc(Cl)cc1)=N[C@@H](CC(=O)Nc1ccc(OCCOCCOCCOCCNC(=O)C(CCC(=O)O)NC(=O)OCC3c4ccccc4-c4ccccc43)cc1)c1nnc(C)n1-2. The van der Waals surface area contributed by atoms with E-state index in [2.05, 4.69) is 40.0 Å². The van der Waals surface area contributed by atoms with Crippen LogP contribution < -0.4 is 20.7 Å². The van der Waals surface area contributed by atoms with Crippen molar-refractivity contribution in [1.29, 1.82) is 0 Å². The number of hydrogen-bond donors (Lipinski definition) is 4. The smallest absolute Gasteiger partial charge is 0.407 e. The lowest BCUT2D eigenvalue weighted by Crippen LogP contribution is -2.48. The van der Waals surface area contributed by atoms with Crippen molar-refractivity contribution in [1.82, 2.24) is 25.4 Å².